The van der Waals surface area contributed by atoms with E-state index in [1.165, 1.54) is 0 Å². The van der Waals surface area contributed by atoms with E-state index in [1.54, 1.807) is 21.0 Å². The second-order valence-corrected chi connectivity index (χ2v) is 9.10. The molecule has 11 heteroatoms. The van der Waals surface area contributed by atoms with Crippen LogP contribution in [-0.2, 0) is 18.6 Å². The Morgan fingerprint density at radius 2 is 1.55 bits per heavy atom. The molecule has 9 nitrogen and oxygen atoms in total. The van der Waals surface area contributed by atoms with Gasteiger partial charge >= 0.3 is 15.2 Å². The standard InChI is InChI=1S/C11H27NO8P2/c1-10(19-4)7-20-11(2,3)5-6-12(8-21(13,14)15)9-22(16,17)18/h10H,5-9H2,1-4H3,(H2,13,14,15)(H2,16,17,18). The van der Waals surface area contributed by atoms with Crippen molar-refractivity contribution in [2.75, 3.05) is 32.8 Å². The summed E-state index contributed by atoms with van der Waals surface area (Å²) in [6.45, 7) is 5.86. The van der Waals surface area contributed by atoms with Gasteiger partial charge < -0.3 is 29.0 Å². The molecule has 0 bridgehead atoms. The van der Waals surface area contributed by atoms with Gasteiger partial charge in [-0.1, -0.05) is 0 Å². The van der Waals surface area contributed by atoms with Crippen LogP contribution in [0, 0.1) is 0 Å². The van der Waals surface area contributed by atoms with E-state index in [-0.39, 0.29) is 12.6 Å². The SMILES string of the molecule is COC(C)COC(C)(C)CCN(CP(=O)(O)O)CP(=O)(O)O. The van der Waals surface area contributed by atoms with Gasteiger partial charge in [0.1, 0.15) is 12.6 Å². The largest absolute Gasteiger partial charge is 0.379 e. The summed E-state index contributed by atoms with van der Waals surface area (Å²) >= 11 is 0. The van der Waals surface area contributed by atoms with E-state index in [2.05, 4.69) is 0 Å². The Hall–Kier alpha value is 0.180. The fourth-order valence-electron chi connectivity index (χ4n) is 1.62. The molecule has 0 spiro atoms. The summed E-state index contributed by atoms with van der Waals surface area (Å²) in [5, 5.41) is 0. The lowest BCUT2D eigenvalue weighted by Gasteiger charge is -2.30. The van der Waals surface area contributed by atoms with Crippen LogP contribution in [0.15, 0.2) is 0 Å². The van der Waals surface area contributed by atoms with Crippen LogP contribution in [0.1, 0.15) is 27.2 Å². The topological polar surface area (TPSA) is 137 Å². The summed E-state index contributed by atoms with van der Waals surface area (Å²) in [4.78, 5) is 37.0. The van der Waals surface area contributed by atoms with Crippen LogP contribution in [0.4, 0.5) is 0 Å². The zero-order valence-electron chi connectivity index (χ0n) is 13.4. The molecule has 0 amide bonds. The molecule has 0 aliphatic carbocycles. The molecule has 1 atom stereocenters. The maximum atomic E-state index is 11.1. The number of rotatable bonds is 11. The van der Waals surface area contributed by atoms with Gasteiger partial charge in [-0.2, -0.15) is 0 Å². The first-order chi connectivity index (χ1) is 9.74. The first kappa shape index (κ1) is 22.2. The van der Waals surface area contributed by atoms with Crippen molar-refractivity contribution in [1.82, 2.24) is 4.90 Å². The molecule has 22 heavy (non-hydrogen) atoms. The van der Waals surface area contributed by atoms with Crippen LogP contribution in [0.5, 0.6) is 0 Å². The second kappa shape index (κ2) is 8.87. The summed E-state index contributed by atoms with van der Waals surface area (Å²) in [7, 11) is -7.25. The van der Waals surface area contributed by atoms with Crippen LogP contribution in [0.3, 0.4) is 0 Å². The van der Waals surface area contributed by atoms with Crippen molar-refractivity contribution in [3.8, 4) is 0 Å². The summed E-state index contributed by atoms with van der Waals surface area (Å²) in [5.74, 6) is 0. The lowest BCUT2D eigenvalue weighted by Crippen LogP contribution is -2.35. The van der Waals surface area contributed by atoms with Crippen molar-refractivity contribution in [3.63, 3.8) is 0 Å². The third-order valence-electron chi connectivity index (χ3n) is 2.91. The molecule has 0 saturated carbocycles. The molecule has 0 aromatic heterocycles. The highest BCUT2D eigenvalue weighted by molar-refractivity contribution is 7.52. The molecule has 0 aliphatic heterocycles. The summed E-state index contributed by atoms with van der Waals surface area (Å²) in [6.07, 6.45) is -1.16. The van der Waals surface area contributed by atoms with E-state index in [4.69, 9.17) is 29.0 Å². The van der Waals surface area contributed by atoms with Crippen molar-refractivity contribution < 1.29 is 38.2 Å². The van der Waals surface area contributed by atoms with E-state index >= 15 is 0 Å². The molecule has 134 valence electrons. The molecule has 0 radical (unpaired) electrons. The van der Waals surface area contributed by atoms with Gasteiger partial charge in [-0.05, 0) is 27.2 Å². The Morgan fingerprint density at radius 3 is 1.91 bits per heavy atom. The maximum Gasteiger partial charge on any atom is 0.339 e. The predicted octanol–water partition coefficient (Wildman–Crippen LogP) is 0.779. The Kier molecular flexibility index (Phi) is 8.94. The van der Waals surface area contributed by atoms with Gasteiger partial charge in [0.2, 0.25) is 0 Å². The second-order valence-electron chi connectivity index (χ2n) is 5.87. The van der Waals surface area contributed by atoms with Gasteiger partial charge in [-0.25, -0.2) is 0 Å². The quantitative estimate of drug-likeness (QED) is 0.392. The number of nitrogens with zero attached hydrogens (tertiary/aromatic N) is 1. The van der Waals surface area contributed by atoms with Gasteiger partial charge in [-0.15, -0.1) is 0 Å². The molecule has 0 fully saturated rings. The van der Waals surface area contributed by atoms with E-state index in [1.807, 2.05) is 6.92 Å². The smallest absolute Gasteiger partial charge is 0.339 e. The average molecular weight is 363 g/mol. The van der Waals surface area contributed by atoms with Crippen LogP contribution in [-0.4, -0.2) is 69.0 Å². The Balaban J connectivity index is 4.59. The van der Waals surface area contributed by atoms with E-state index in [0.29, 0.717) is 13.0 Å². The fourth-order valence-corrected chi connectivity index (χ4v) is 3.30. The minimum absolute atomic E-state index is 0.0879. The Labute approximate surface area is 130 Å². The molecule has 0 aromatic rings. The van der Waals surface area contributed by atoms with Crippen LogP contribution in [0.25, 0.3) is 0 Å². The highest BCUT2D eigenvalue weighted by Gasteiger charge is 2.28. The normalized spacial score (nSPS) is 15.3. The van der Waals surface area contributed by atoms with Gasteiger partial charge in [0.15, 0.2) is 0 Å². The van der Waals surface area contributed by atoms with E-state index in [0.717, 1.165) is 4.90 Å². The van der Waals surface area contributed by atoms with Crippen LogP contribution < -0.4 is 0 Å². The highest BCUT2D eigenvalue weighted by atomic mass is 31.2. The minimum Gasteiger partial charge on any atom is -0.379 e. The fraction of sp³-hybridized carbons (Fsp3) is 1.00. The molecule has 4 N–H and O–H groups in total. The Bertz CT molecular complexity index is 394. The summed E-state index contributed by atoms with van der Waals surface area (Å²) in [6, 6.07) is 0. The lowest BCUT2D eigenvalue weighted by atomic mass is 10.1. The van der Waals surface area contributed by atoms with Crippen LogP contribution in [0.2, 0.25) is 0 Å². The minimum atomic E-state index is -4.40. The molecular weight excluding hydrogens is 336 g/mol. The van der Waals surface area contributed by atoms with Gasteiger partial charge in [-0.3, -0.25) is 14.0 Å². The lowest BCUT2D eigenvalue weighted by molar-refractivity contribution is -0.0708. The first-order valence-corrected chi connectivity index (χ1v) is 10.3. The number of methoxy groups -OCH3 is 1. The molecule has 0 heterocycles. The zero-order chi connectivity index (χ0) is 17.6. The monoisotopic (exact) mass is 363 g/mol. The Morgan fingerprint density at radius 1 is 1.09 bits per heavy atom. The zero-order valence-corrected chi connectivity index (χ0v) is 15.2. The summed E-state index contributed by atoms with van der Waals surface area (Å²) < 4.78 is 32.8. The first-order valence-electron chi connectivity index (χ1n) is 6.72. The van der Waals surface area contributed by atoms with Crippen LogP contribution >= 0.6 is 15.2 Å². The number of hydrogen-bond donors (Lipinski definition) is 4. The molecule has 0 aromatic carbocycles. The highest BCUT2D eigenvalue weighted by Crippen LogP contribution is 2.41. The molecule has 0 aliphatic rings. The predicted molar refractivity (Wildman–Crippen MR) is 81.6 cm³/mol. The summed E-state index contributed by atoms with van der Waals surface area (Å²) in [5.41, 5.74) is -0.616. The third-order valence-corrected chi connectivity index (χ3v) is 4.45. The average Bonchev–Trinajstić information content (AvgIpc) is 2.29. The van der Waals surface area contributed by atoms with Gasteiger partial charge in [0.25, 0.3) is 0 Å². The van der Waals surface area contributed by atoms with Crippen molar-refractivity contribution in [3.05, 3.63) is 0 Å². The van der Waals surface area contributed by atoms with Gasteiger partial charge in [0.05, 0.1) is 18.3 Å². The van der Waals surface area contributed by atoms with Crippen molar-refractivity contribution in [1.29, 1.82) is 0 Å². The molecular formula is C11H27NO8P2. The van der Waals surface area contributed by atoms with Crippen molar-refractivity contribution in [2.45, 2.75) is 38.9 Å². The van der Waals surface area contributed by atoms with Crippen molar-refractivity contribution in [2.24, 2.45) is 0 Å². The van der Waals surface area contributed by atoms with Gasteiger partial charge in [0, 0.05) is 13.7 Å². The number of hydrogen-bond acceptors (Lipinski definition) is 5. The molecule has 0 rings (SSSR count). The maximum absolute atomic E-state index is 11.1. The number of ether oxygens (including phenoxy) is 2. The third kappa shape index (κ3) is 12.7. The van der Waals surface area contributed by atoms with E-state index in [9.17, 15) is 9.13 Å². The molecule has 1 unspecified atom stereocenters. The van der Waals surface area contributed by atoms with Crippen molar-refractivity contribution >= 4 is 15.2 Å². The van der Waals surface area contributed by atoms with E-state index < -0.39 is 33.4 Å². The molecule has 0 saturated heterocycles.